The normalized spacial score (nSPS) is 16.1. The van der Waals surface area contributed by atoms with Crippen molar-refractivity contribution in [3.8, 4) is 5.75 Å². The lowest BCUT2D eigenvalue weighted by Gasteiger charge is -2.17. The Labute approximate surface area is 172 Å². The predicted octanol–water partition coefficient (Wildman–Crippen LogP) is 3.73. The Morgan fingerprint density at radius 2 is 2.00 bits per heavy atom. The number of benzene rings is 2. The first-order valence-corrected chi connectivity index (χ1v) is 9.92. The average molecular weight is 449 g/mol. The fourth-order valence-electron chi connectivity index (χ4n) is 3.34. The minimum Gasteiger partial charge on any atom is -0.497 e. The van der Waals surface area contributed by atoms with Crippen LogP contribution in [0.2, 0.25) is 0 Å². The Bertz CT molecular complexity index is 857. The van der Waals surface area contributed by atoms with Gasteiger partial charge in [0.2, 0.25) is 5.91 Å². The summed E-state index contributed by atoms with van der Waals surface area (Å²) in [6, 6.07) is 11.9. The molecule has 2 amide bonds. The fourth-order valence-corrected chi connectivity index (χ4v) is 3.77. The maximum absolute atomic E-state index is 13.3. The molecule has 0 radical (unpaired) electrons. The number of hydrogen-bond donors (Lipinski definition) is 1. The second-order valence-corrected chi connectivity index (χ2v) is 7.58. The first-order valence-electron chi connectivity index (χ1n) is 9.13. The number of hydrogen-bond acceptors (Lipinski definition) is 3. The molecule has 0 saturated carbocycles. The van der Waals surface area contributed by atoms with Gasteiger partial charge in [0, 0.05) is 36.4 Å². The van der Waals surface area contributed by atoms with Crippen molar-refractivity contribution in [3.63, 3.8) is 0 Å². The molecule has 1 atom stereocenters. The Balaban J connectivity index is 1.47. The van der Waals surface area contributed by atoms with Gasteiger partial charge in [-0.15, -0.1) is 0 Å². The van der Waals surface area contributed by atoms with Gasteiger partial charge in [-0.25, -0.2) is 4.39 Å². The topological polar surface area (TPSA) is 58.6 Å². The van der Waals surface area contributed by atoms with E-state index in [1.54, 1.807) is 7.11 Å². The molecule has 28 heavy (non-hydrogen) atoms. The number of ether oxygens (including phenoxy) is 1. The minimum absolute atomic E-state index is 0.00891. The summed E-state index contributed by atoms with van der Waals surface area (Å²) in [6.45, 7) is 1.60. The average Bonchev–Trinajstić information content (AvgIpc) is 3.20. The van der Waals surface area contributed by atoms with E-state index >= 15 is 0 Å². The number of methoxy groups -OCH3 is 1. The van der Waals surface area contributed by atoms with Gasteiger partial charge in [0.1, 0.15) is 11.6 Å². The highest BCUT2D eigenvalue weighted by molar-refractivity contribution is 9.10. The second-order valence-electron chi connectivity index (χ2n) is 6.73. The highest BCUT2D eigenvalue weighted by Gasteiger charge is 2.27. The van der Waals surface area contributed by atoms with Crippen molar-refractivity contribution in [2.24, 2.45) is 0 Å². The molecule has 1 heterocycles. The lowest BCUT2D eigenvalue weighted by Crippen LogP contribution is -2.33. The number of nitrogens with zero attached hydrogens (tertiary/aromatic N) is 1. The monoisotopic (exact) mass is 448 g/mol. The first kappa shape index (κ1) is 20.3. The molecular formula is C21H22BrFN2O3. The molecule has 0 aliphatic carbocycles. The zero-order valence-electron chi connectivity index (χ0n) is 15.6. The van der Waals surface area contributed by atoms with E-state index in [0.717, 1.165) is 12.2 Å². The largest absolute Gasteiger partial charge is 0.497 e. The summed E-state index contributed by atoms with van der Waals surface area (Å²) in [5.41, 5.74) is 1.41. The van der Waals surface area contributed by atoms with Crippen molar-refractivity contribution in [1.29, 1.82) is 0 Å². The maximum atomic E-state index is 13.3. The van der Waals surface area contributed by atoms with Gasteiger partial charge in [0.05, 0.1) is 12.7 Å². The molecule has 1 unspecified atom stereocenters. The second kappa shape index (κ2) is 9.19. The Morgan fingerprint density at radius 3 is 2.71 bits per heavy atom. The van der Waals surface area contributed by atoms with E-state index in [0.29, 0.717) is 23.5 Å². The van der Waals surface area contributed by atoms with Crippen LogP contribution >= 0.6 is 15.9 Å². The first-order chi connectivity index (χ1) is 13.5. The van der Waals surface area contributed by atoms with Crippen LogP contribution in [0, 0.1) is 5.82 Å². The summed E-state index contributed by atoms with van der Waals surface area (Å²) < 4.78 is 19.0. The Kier molecular flexibility index (Phi) is 6.67. The zero-order valence-corrected chi connectivity index (χ0v) is 17.2. The summed E-state index contributed by atoms with van der Waals surface area (Å²) in [7, 11) is 1.64. The van der Waals surface area contributed by atoms with E-state index in [2.05, 4.69) is 21.2 Å². The van der Waals surface area contributed by atoms with Gasteiger partial charge < -0.3 is 15.0 Å². The zero-order chi connectivity index (χ0) is 20.1. The molecule has 1 aliphatic heterocycles. The van der Waals surface area contributed by atoms with Crippen LogP contribution < -0.4 is 10.1 Å². The van der Waals surface area contributed by atoms with Gasteiger partial charge >= 0.3 is 0 Å². The lowest BCUT2D eigenvalue weighted by molar-refractivity contribution is -0.130. The van der Waals surface area contributed by atoms with Crippen LogP contribution in [0.3, 0.4) is 0 Å². The molecule has 148 valence electrons. The Morgan fingerprint density at radius 1 is 1.25 bits per heavy atom. The number of halogens is 2. The maximum Gasteiger partial charge on any atom is 0.252 e. The van der Waals surface area contributed by atoms with E-state index in [9.17, 15) is 14.0 Å². The molecule has 1 N–H and O–H groups in total. The van der Waals surface area contributed by atoms with Gasteiger partial charge in [0.25, 0.3) is 5.91 Å². The number of amides is 2. The molecule has 0 aromatic heterocycles. The Hall–Kier alpha value is -2.41. The van der Waals surface area contributed by atoms with Crippen LogP contribution in [0.25, 0.3) is 0 Å². The van der Waals surface area contributed by atoms with Crippen molar-refractivity contribution >= 4 is 27.7 Å². The number of carbonyl (C=O) groups excluding carboxylic acids is 2. The van der Waals surface area contributed by atoms with E-state index < -0.39 is 11.7 Å². The summed E-state index contributed by atoms with van der Waals surface area (Å²) >= 11 is 3.23. The molecule has 1 fully saturated rings. The molecule has 3 rings (SSSR count). The van der Waals surface area contributed by atoms with E-state index in [1.165, 1.54) is 23.8 Å². The van der Waals surface area contributed by atoms with Crippen LogP contribution in [0.15, 0.2) is 46.9 Å². The smallest absolute Gasteiger partial charge is 0.252 e. The third-order valence-electron chi connectivity index (χ3n) is 4.93. The number of carbonyl (C=O) groups is 2. The molecule has 2 aromatic carbocycles. The minimum atomic E-state index is -0.480. The van der Waals surface area contributed by atoms with Crippen molar-refractivity contribution in [2.75, 3.05) is 26.7 Å². The molecule has 0 bridgehead atoms. The van der Waals surface area contributed by atoms with Gasteiger partial charge in [-0.1, -0.05) is 12.1 Å². The SMILES string of the molecule is COc1ccc(C2CCN(C(=O)CCNC(=O)c3cc(F)ccc3Br)C2)cc1. The molecule has 1 saturated heterocycles. The number of likely N-dealkylation sites (tertiary alicyclic amines) is 1. The quantitative estimate of drug-likeness (QED) is 0.732. The van der Waals surface area contributed by atoms with E-state index in [4.69, 9.17) is 4.74 Å². The van der Waals surface area contributed by atoms with Gasteiger partial charge in [-0.05, 0) is 58.2 Å². The highest BCUT2D eigenvalue weighted by atomic mass is 79.9. The van der Waals surface area contributed by atoms with Crippen LogP contribution in [0.4, 0.5) is 4.39 Å². The van der Waals surface area contributed by atoms with Gasteiger partial charge in [-0.3, -0.25) is 9.59 Å². The van der Waals surface area contributed by atoms with Crippen LogP contribution in [0.5, 0.6) is 5.75 Å². The summed E-state index contributed by atoms with van der Waals surface area (Å²) in [5.74, 6) is 0.250. The number of rotatable bonds is 6. The predicted molar refractivity (Wildman–Crippen MR) is 108 cm³/mol. The van der Waals surface area contributed by atoms with Crippen LogP contribution in [0.1, 0.15) is 34.7 Å². The lowest BCUT2D eigenvalue weighted by atomic mass is 9.98. The third kappa shape index (κ3) is 4.90. The molecule has 5 nitrogen and oxygen atoms in total. The third-order valence-corrected chi connectivity index (χ3v) is 5.62. The van der Waals surface area contributed by atoms with Crippen LogP contribution in [-0.2, 0) is 4.79 Å². The highest BCUT2D eigenvalue weighted by Crippen LogP contribution is 2.28. The summed E-state index contributed by atoms with van der Waals surface area (Å²) in [6.07, 6.45) is 1.13. The van der Waals surface area contributed by atoms with Crippen molar-refractivity contribution in [2.45, 2.75) is 18.8 Å². The van der Waals surface area contributed by atoms with Gasteiger partial charge in [0.15, 0.2) is 0 Å². The summed E-state index contributed by atoms with van der Waals surface area (Å²) in [4.78, 5) is 26.4. The van der Waals surface area contributed by atoms with Crippen molar-refractivity contribution in [1.82, 2.24) is 10.2 Å². The molecule has 1 aliphatic rings. The molecular weight excluding hydrogens is 427 g/mol. The fraction of sp³-hybridized carbons (Fsp3) is 0.333. The number of nitrogens with one attached hydrogen (secondary N) is 1. The molecule has 0 spiro atoms. The molecule has 7 heteroatoms. The summed E-state index contributed by atoms with van der Waals surface area (Å²) in [5, 5.41) is 2.68. The van der Waals surface area contributed by atoms with Crippen molar-refractivity contribution < 1.29 is 18.7 Å². The van der Waals surface area contributed by atoms with E-state index in [1.807, 2.05) is 29.2 Å². The standard InChI is InChI=1S/C21H22BrFN2O3/c1-28-17-5-2-14(3-6-17)15-9-11-25(13-15)20(26)8-10-24-21(27)18-12-16(23)4-7-19(18)22/h2-7,12,15H,8-11,13H2,1H3,(H,24,27). The molecule has 2 aromatic rings. The van der Waals surface area contributed by atoms with Gasteiger partial charge in [-0.2, -0.15) is 0 Å². The van der Waals surface area contributed by atoms with E-state index in [-0.39, 0.29) is 24.4 Å². The van der Waals surface area contributed by atoms with Crippen molar-refractivity contribution in [3.05, 3.63) is 63.9 Å². The van der Waals surface area contributed by atoms with Crippen LogP contribution in [-0.4, -0.2) is 43.5 Å².